The molecule has 82 valence electrons. The van der Waals surface area contributed by atoms with Crippen molar-refractivity contribution in [2.75, 3.05) is 13.6 Å². The molecule has 0 aromatic carbocycles. The van der Waals surface area contributed by atoms with Crippen molar-refractivity contribution in [1.82, 2.24) is 15.3 Å². The van der Waals surface area contributed by atoms with Gasteiger partial charge in [-0.2, -0.15) is 0 Å². The second kappa shape index (κ2) is 4.71. The van der Waals surface area contributed by atoms with Crippen molar-refractivity contribution in [3.05, 3.63) is 23.3 Å². The predicted molar refractivity (Wildman–Crippen MR) is 61.0 cm³/mol. The van der Waals surface area contributed by atoms with E-state index in [1.807, 2.05) is 7.05 Å². The molecule has 0 radical (unpaired) electrons. The minimum Gasteiger partial charge on any atom is -0.319 e. The van der Waals surface area contributed by atoms with Crippen LogP contribution in [0.15, 0.2) is 6.07 Å². The van der Waals surface area contributed by atoms with Crippen LogP contribution >= 0.6 is 0 Å². The Morgan fingerprint density at radius 2 is 2.20 bits per heavy atom. The maximum atomic E-state index is 4.64. The monoisotopic (exact) mass is 205 g/mol. The number of rotatable bonds is 4. The van der Waals surface area contributed by atoms with Gasteiger partial charge in [0.1, 0.15) is 5.82 Å². The maximum Gasteiger partial charge on any atom is 0.130 e. The van der Waals surface area contributed by atoms with E-state index in [1.165, 1.54) is 25.0 Å². The van der Waals surface area contributed by atoms with Crippen LogP contribution in [0.3, 0.4) is 0 Å². The van der Waals surface area contributed by atoms with Crippen LogP contribution in [0, 0.1) is 6.92 Å². The average Bonchev–Trinajstić information content (AvgIpc) is 2.11. The molecule has 3 nitrogen and oxygen atoms in total. The Hall–Kier alpha value is -0.960. The SMILES string of the molecule is CNCCc1nc(C)cc(C2CCC2)n1. The lowest BCUT2D eigenvalue weighted by molar-refractivity contribution is 0.409. The Balaban J connectivity index is 2.12. The predicted octanol–water partition coefficient (Wildman–Crippen LogP) is 1.81. The highest BCUT2D eigenvalue weighted by Crippen LogP contribution is 2.35. The largest absolute Gasteiger partial charge is 0.319 e. The van der Waals surface area contributed by atoms with Crippen LogP contribution in [0.25, 0.3) is 0 Å². The van der Waals surface area contributed by atoms with Crippen molar-refractivity contribution in [3.63, 3.8) is 0 Å². The molecule has 0 bridgehead atoms. The third-order valence-electron chi connectivity index (χ3n) is 3.04. The van der Waals surface area contributed by atoms with Gasteiger partial charge in [-0.15, -0.1) is 0 Å². The van der Waals surface area contributed by atoms with Crippen molar-refractivity contribution in [2.24, 2.45) is 0 Å². The second-order valence-corrected chi connectivity index (χ2v) is 4.33. The van der Waals surface area contributed by atoms with E-state index in [0.29, 0.717) is 5.92 Å². The molecule has 1 fully saturated rings. The van der Waals surface area contributed by atoms with Gasteiger partial charge in [0.05, 0.1) is 0 Å². The Labute approximate surface area is 91.3 Å². The average molecular weight is 205 g/mol. The van der Waals surface area contributed by atoms with Crippen molar-refractivity contribution < 1.29 is 0 Å². The van der Waals surface area contributed by atoms with Gasteiger partial charge in [0.15, 0.2) is 0 Å². The van der Waals surface area contributed by atoms with Gasteiger partial charge in [0.25, 0.3) is 0 Å². The summed E-state index contributed by atoms with van der Waals surface area (Å²) in [5, 5.41) is 3.13. The summed E-state index contributed by atoms with van der Waals surface area (Å²) in [7, 11) is 1.96. The van der Waals surface area contributed by atoms with Crippen LogP contribution in [-0.2, 0) is 6.42 Å². The fourth-order valence-corrected chi connectivity index (χ4v) is 1.92. The zero-order valence-corrected chi connectivity index (χ0v) is 9.58. The molecule has 1 aromatic heterocycles. The van der Waals surface area contributed by atoms with Crippen LogP contribution in [0.2, 0.25) is 0 Å². The first-order chi connectivity index (χ1) is 7.29. The molecule has 1 saturated carbocycles. The second-order valence-electron chi connectivity index (χ2n) is 4.33. The zero-order chi connectivity index (χ0) is 10.7. The van der Waals surface area contributed by atoms with E-state index in [4.69, 9.17) is 0 Å². The number of hydrogen-bond donors (Lipinski definition) is 1. The summed E-state index contributed by atoms with van der Waals surface area (Å²) < 4.78 is 0. The highest BCUT2D eigenvalue weighted by Gasteiger charge is 2.21. The van der Waals surface area contributed by atoms with Crippen LogP contribution in [0.4, 0.5) is 0 Å². The lowest BCUT2D eigenvalue weighted by atomic mass is 9.82. The molecular weight excluding hydrogens is 186 g/mol. The topological polar surface area (TPSA) is 37.8 Å². The molecule has 0 aliphatic heterocycles. The van der Waals surface area contributed by atoms with Gasteiger partial charge >= 0.3 is 0 Å². The number of nitrogens with one attached hydrogen (secondary N) is 1. The lowest BCUT2D eigenvalue weighted by Crippen LogP contribution is -2.16. The van der Waals surface area contributed by atoms with E-state index in [9.17, 15) is 0 Å². The van der Waals surface area contributed by atoms with Crippen LogP contribution in [-0.4, -0.2) is 23.6 Å². The number of aryl methyl sites for hydroxylation is 1. The highest BCUT2D eigenvalue weighted by molar-refractivity contribution is 5.16. The van der Waals surface area contributed by atoms with Gasteiger partial charge in [-0.3, -0.25) is 0 Å². The van der Waals surface area contributed by atoms with Gasteiger partial charge in [-0.25, -0.2) is 9.97 Å². The zero-order valence-electron chi connectivity index (χ0n) is 9.58. The minimum atomic E-state index is 0.708. The summed E-state index contributed by atoms with van der Waals surface area (Å²) in [4.78, 5) is 9.10. The standard InChI is InChI=1S/C12H19N3/c1-9-8-11(10-4-3-5-10)15-12(14-9)6-7-13-2/h8,10,13H,3-7H2,1-2H3. The number of aromatic nitrogens is 2. The normalized spacial score (nSPS) is 16.4. The molecule has 15 heavy (non-hydrogen) atoms. The van der Waals surface area contributed by atoms with E-state index in [-0.39, 0.29) is 0 Å². The molecule has 1 heterocycles. The number of nitrogens with zero attached hydrogens (tertiary/aromatic N) is 2. The highest BCUT2D eigenvalue weighted by atomic mass is 14.9. The van der Waals surface area contributed by atoms with Gasteiger partial charge in [0.2, 0.25) is 0 Å². The van der Waals surface area contributed by atoms with Crippen molar-refractivity contribution in [1.29, 1.82) is 0 Å². The van der Waals surface area contributed by atoms with Gasteiger partial charge < -0.3 is 5.32 Å². The van der Waals surface area contributed by atoms with Crippen LogP contribution < -0.4 is 5.32 Å². The van der Waals surface area contributed by atoms with E-state index >= 15 is 0 Å². The fraction of sp³-hybridized carbons (Fsp3) is 0.667. The van der Waals surface area contributed by atoms with Crippen LogP contribution in [0.5, 0.6) is 0 Å². The lowest BCUT2D eigenvalue weighted by Gasteiger charge is -2.25. The molecule has 0 unspecified atom stereocenters. The fourth-order valence-electron chi connectivity index (χ4n) is 1.92. The molecule has 0 amide bonds. The van der Waals surface area contributed by atoms with Gasteiger partial charge in [-0.1, -0.05) is 6.42 Å². The minimum absolute atomic E-state index is 0.708. The van der Waals surface area contributed by atoms with Gasteiger partial charge in [0, 0.05) is 30.3 Å². The molecule has 1 aliphatic rings. The third-order valence-corrected chi connectivity index (χ3v) is 3.04. The van der Waals surface area contributed by atoms with E-state index in [1.54, 1.807) is 0 Å². The van der Waals surface area contributed by atoms with E-state index in [0.717, 1.165) is 24.5 Å². The Bertz CT molecular complexity index is 332. The summed E-state index contributed by atoms with van der Waals surface area (Å²) >= 11 is 0. The molecular formula is C12H19N3. The molecule has 1 aliphatic carbocycles. The Morgan fingerprint density at radius 1 is 1.40 bits per heavy atom. The quantitative estimate of drug-likeness (QED) is 0.814. The Morgan fingerprint density at radius 3 is 2.80 bits per heavy atom. The molecule has 2 rings (SSSR count). The third kappa shape index (κ3) is 2.53. The van der Waals surface area contributed by atoms with Crippen molar-refractivity contribution >= 4 is 0 Å². The smallest absolute Gasteiger partial charge is 0.130 e. The Kier molecular flexibility index (Phi) is 3.31. The molecule has 0 saturated heterocycles. The summed E-state index contributed by atoms with van der Waals surface area (Å²) in [6.07, 6.45) is 4.90. The first-order valence-electron chi connectivity index (χ1n) is 5.78. The maximum absolute atomic E-state index is 4.64. The summed E-state index contributed by atoms with van der Waals surface area (Å²) in [5.41, 5.74) is 2.37. The van der Waals surface area contributed by atoms with Crippen LogP contribution in [0.1, 0.15) is 42.4 Å². The van der Waals surface area contributed by atoms with Crippen molar-refractivity contribution in [2.45, 2.75) is 38.5 Å². The summed E-state index contributed by atoms with van der Waals surface area (Å²) in [6.45, 7) is 3.01. The summed E-state index contributed by atoms with van der Waals surface area (Å²) in [5.74, 6) is 1.70. The first-order valence-corrected chi connectivity index (χ1v) is 5.78. The van der Waals surface area contributed by atoms with Crippen molar-refractivity contribution in [3.8, 4) is 0 Å². The molecule has 0 atom stereocenters. The first kappa shape index (κ1) is 10.6. The molecule has 3 heteroatoms. The molecule has 1 aromatic rings. The number of hydrogen-bond acceptors (Lipinski definition) is 3. The van der Waals surface area contributed by atoms with Gasteiger partial charge in [-0.05, 0) is 32.9 Å². The molecule has 1 N–H and O–H groups in total. The van der Waals surface area contributed by atoms with E-state index in [2.05, 4.69) is 28.3 Å². The summed E-state index contributed by atoms with van der Waals surface area (Å²) in [6, 6.07) is 2.15. The van der Waals surface area contributed by atoms with E-state index < -0.39 is 0 Å². The number of likely N-dealkylation sites (N-methyl/N-ethyl adjacent to an activating group) is 1. The molecule has 0 spiro atoms.